The number of guanidine groups is 1. The molecule has 0 unspecified atom stereocenters. The smallest absolute Gasteiger partial charge is 0.264 e. The molecule has 0 aliphatic carbocycles. The Bertz CT molecular complexity index is 883. The molecule has 0 fully saturated rings. The van der Waals surface area contributed by atoms with Gasteiger partial charge in [0, 0.05) is 6.54 Å². The first-order chi connectivity index (χ1) is 12.5. The molecule has 0 spiro atoms. The van der Waals surface area contributed by atoms with Gasteiger partial charge in [-0.05, 0) is 42.0 Å². The highest BCUT2D eigenvalue weighted by atomic mass is 32.2. The highest BCUT2D eigenvalue weighted by Gasteiger charge is 2.19. The summed E-state index contributed by atoms with van der Waals surface area (Å²) in [6.07, 6.45) is 0. The fourth-order valence-electron chi connectivity index (χ4n) is 2.43. The van der Waals surface area contributed by atoms with Crippen LogP contribution in [0.1, 0.15) is 5.56 Å². The molecule has 3 rings (SSSR count). The number of nitrogens with zero attached hydrogens (tertiary/aromatic N) is 2. The van der Waals surface area contributed by atoms with E-state index in [0.717, 1.165) is 23.4 Å². The largest absolute Gasteiger partial charge is 0.497 e. The second-order valence-corrected chi connectivity index (χ2v) is 7.40. The fraction of sp³-hybridized carbons (Fsp3) is 0.235. The molecule has 0 amide bonds. The maximum absolute atomic E-state index is 12.9. The molecule has 0 aromatic heterocycles. The van der Waals surface area contributed by atoms with Crippen LogP contribution in [0.3, 0.4) is 0 Å². The van der Waals surface area contributed by atoms with E-state index in [1.165, 1.54) is 12.1 Å². The number of ether oxygens (including phenoxy) is 1. The van der Waals surface area contributed by atoms with Crippen molar-refractivity contribution < 1.29 is 17.5 Å². The van der Waals surface area contributed by atoms with Gasteiger partial charge < -0.3 is 10.1 Å². The predicted molar refractivity (Wildman–Crippen MR) is 95.6 cm³/mol. The van der Waals surface area contributed by atoms with Gasteiger partial charge in [-0.2, -0.15) is 0 Å². The van der Waals surface area contributed by atoms with E-state index in [1.807, 2.05) is 29.2 Å². The Kier molecular flexibility index (Phi) is 5.38. The lowest BCUT2D eigenvalue weighted by atomic mass is 10.2. The van der Waals surface area contributed by atoms with Crippen molar-refractivity contribution in [2.75, 3.05) is 20.4 Å². The predicted octanol–water partition coefficient (Wildman–Crippen LogP) is 1.49. The van der Waals surface area contributed by atoms with Crippen LogP contribution in [0, 0.1) is 5.82 Å². The number of nitrogens with one attached hydrogen (secondary N) is 2. The summed E-state index contributed by atoms with van der Waals surface area (Å²) in [7, 11) is -2.19. The molecule has 2 aromatic rings. The lowest BCUT2D eigenvalue weighted by molar-refractivity contribution is 0.255. The average Bonchev–Trinajstić information content (AvgIpc) is 2.64. The highest BCUT2D eigenvalue weighted by molar-refractivity contribution is 7.90. The maximum Gasteiger partial charge on any atom is 0.264 e. The molecule has 0 atom stereocenters. The Morgan fingerprint density at radius 3 is 2.46 bits per heavy atom. The second kappa shape index (κ2) is 7.71. The van der Waals surface area contributed by atoms with Crippen molar-refractivity contribution in [1.29, 1.82) is 0 Å². The molecule has 2 N–H and O–H groups in total. The molecule has 1 heterocycles. The van der Waals surface area contributed by atoms with E-state index in [1.54, 1.807) is 7.11 Å². The molecule has 0 radical (unpaired) electrons. The topological polar surface area (TPSA) is 83.0 Å². The highest BCUT2D eigenvalue weighted by Crippen LogP contribution is 2.14. The van der Waals surface area contributed by atoms with Gasteiger partial charge in [0.1, 0.15) is 11.6 Å². The average molecular weight is 378 g/mol. The molecular formula is C17H19FN4O3S. The first-order valence-corrected chi connectivity index (χ1v) is 9.36. The van der Waals surface area contributed by atoms with Crippen molar-refractivity contribution >= 4 is 16.0 Å². The van der Waals surface area contributed by atoms with Gasteiger partial charge in [0.05, 0.1) is 25.3 Å². The quantitative estimate of drug-likeness (QED) is 0.824. The van der Waals surface area contributed by atoms with Crippen molar-refractivity contribution in [2.24, 2.45) is 4.99 Å². The molecule has 138 valence electrons. The number of methoxy groups -OCH3 is 1. The van der Waals surface area contributed by atoms with Crippen LogP contribution in [0.25, 0.3) is 0 Å². The summed E-state index contributed by atoms with van der Waals surface area (Å²) in [5.41, 5.74) is 1.10. The molecule has 7 nitrogen and oxygen atoms in total. The van der Waals surface area contributed by atoms with Crippen LogP contribution in [0.15, 0.2) is 58.4 Å². The van der Waals surface area contributed by atoms with E-state index in [4.69, 9.17) is 4.74 Å². The molecule has 0 saturated heterocycles. The zero-order valence-corrected chi connectivity index (χ0v) is 15.0. The number of rotatable bonds is 5. The van der Waals surface area contributed by atoms with Crippen LogP contribution in [-0.2, 0) is 16.6 Å². The lowest BCUT2D eigenvalue weighted by Gasteiger charge is -2.27. The summed E-state index contributed by atoms with van der Waals surface area (Å²) in [6, 6.07) is 12.3. The third-order valence-electron chi connectivity index (χ3n) is 3.82. The number of aliphatic imine (C=N–C) groups is 1. The van der Waals surface area contributed by atoms with E-state index < -0.39 is 15.8 Å². The number of halogens is 1. The Balaban J connectivity index is 1.59. The number of hydrogen-bond acceptors (Lipinski definition) is 6. The van der Waals surface area contributed by atoms with Crippen molar-refractivity contribution in [3.8, 4) is 5.75 Å². The van der Waals surface area contributed by atoms with Crippen molar-refractivity contribution in [3.05, 3.63) is 59.9 Å². The van der Waals surface area contributed by atoms with Crippen LogP contribution in [0.5, 0.6) is 5.75 Å². The summed E-state index contributed by atoms with van der Waals surface area (Å²) in [4.78, 5) is 6.20. The number of sulfonamides is 1. The molecule has 1 aliphatic rings. The summed E-state index contributed by atoms with van der Waals surface area (Å²) < 4.78 is 45.0. The van der Waals surface area contributed by atoms with Gasteiger partial charge in [0.15, 0.2) is 0 Å². The van der Waals surface area contributed by atoms with Crippen molar-refractivity contribution in [3.63, 3.8) is 0 Å². The van der Waals surface area contributed by atoms with Gasteiger partial charge in [-0.15, -0.1) is 0 Å². The van der Waals surface area contributed by atoms with Gasteiger partial charge >= 0.3 is 0 Å². The fourth-order valence-corrected chi connectivity index (χ4v) is 3.43. The van der Waals surface area contributed by atoms with Gasteiger partial charge in [-0.1, -0.05) is 12.1 Å². The van der Waals surface area contributed by atoms with Gasteiger partial charge in [-0.3, -0.25) is 4.90 Å². The van der Waals surface area contributed by atoms with Crippen molar-refractivity contribution in [2.45, 2.75) is 11.4 Å². The third kappa shape index (κ3) is 4.50. The van der Waals surface area contributed by atoms with E-state index in [9.17, 15) is 12.8 Å². The molecule has 26 heavy (non-hydrogen) atoms. The molecule has 9 heteroatoms. The Hall–Kier alpha value is -2.65. The Labute approximate surface area is 151 Å². The Morgan fingerprint density at radius 2 is 1.88 bits per heavy atom. The van der Waals surface area contributed by atoms with E-state index in [0.29, 0.717) is 19.9 Å². The summed E-state index contributed by atoms with van der Waals surface area (Å²) in [6.45, 7) is 1.45. The standard InChI is InChI=1S/C17H19FN4O3S/c1-25-15-6-2-13(3-7-15)10-22-11-19-17(20-12-22)21-26(23,24)16-8-4-14(18)5-9-16/h2-9H,10-12H2,1H3,(H2,19,20,21). The molecule has 0 saturated carbocycles. The minimum absolute atomic E-state index is 0.0240. The SMILES string of the molecule is COc1ccc(CN2CN=C(NS(=O)(=O)c3ccc(F)cc3)NC2)cc1. The van der Waals surface area contributed by atoms with E-state index >= 15 is 0 Å². The van der Waals surface area contributed by atoms with Crippen LogP contribution in [0.4, 0.5) is 4.39 Å². The zero-order chi connectivity index (χ0) is 18.6. The Morgan fingerprint density at radius 1 is 1.19 bits per heavy atom. The van der Waals surface area contributed by atoms with Crippen LogP contribution in [-0.4, -0.2) is 39.7 Å². The maximum atomic E-state index is 12.9. The summed E-state index contributed by atoms with van der Waals surface area (Å²) in [5, 5.41) is 2.94. The molecule has 0 bridgehead atoms. The second-order valence-electron chi connectivity index (χ2n) is 5.72. The number of benzene rings is 2. The summed E-state index contributed by atoms with van der Waals surface area (Å²) in [5.74, 6) is 0.465. The minimum Gasteiger partial charge on any atom is -0.497 e. The number of hydrogen-bond donors (Lipinski definition) is 2. The van der Waals surface area contributed by atoms with Gasteiger partial charge in [-0.25, -0.2) is 22.5 Å². The molecular weight excluding hydrogens is 359 g/mol. The van der Waals surface area contributed by atoms with E-state index in [-0.39, 0.29) is 10.9 Å². The molecule has 2 aromatic carbocycles. The first-order valence-electron chi connectivity index (χ1n) is 7.88. The lowest BCUT2D eigenvalue weighted by Crippen LogP contribution is -2.49. The van der Waals surface area contributed by atoms with Crippen LogP contribution in [0.2, 0.25) is 0 Å². The monoisotopic (exact) mass is 378 g/mol. The normalized spacial score (nSPS) is 15.1. The third-order valence-corrected chi connectivity index (χ3v) is 5.17. The van der Waals surface area contributed by atoms with Crippen LogP contribution < -0.4 is 14.8 Å². The minimum atomic E-state index is -3.80. The van der Waals surface area contributed by atoms with Gasteiger partial charge in [0.2, 0.25) is 5.96 Å². The summed E-state index contributed by atoms with van der Waals surface area (Å²) >= 11 is 0. The molecule has 1 aliphatic heterocycles. The van der Waals surface area contributed by atoms with E-state index in [2.05, 4.69) is 15.0 Å². The zero-order valence-electron chi connectivity index (χ0n) is 14.1. The first kappa shape index (κ1) is 18.2. The van der Waals surface area contributed by atoms with Gasteiger partial charge in [0.25, 0.3) is 10.0 Å². The van der Waals surface area contributed by atoms with Crippen LogP contribution >= 0.6 is 0 Å². The van der Waals surface area contributed by atoms with Crippen molar-refractivity contribution in [1.82, 2.24) is 14.9 Å².